The van der Waals surface area contributed by atoms with E-state index < -0.39 is 11.9 Å². The molecule has 0 spiro atoms. The largest absolute Gasteiger partial charge is 0.494 e. The number of aromatic amines is 1. The molecule has 1 aliphatic heterocycles. The van der Waals surface area contributed by atoms with Crippen molar-refractivity contribution in [2.75, 3.05) is 6.61 Å². The summed E-state index contributed by atoms with van der Waals surface area (Å²) in [7, 11) is 0. The van der Waals surface area contributed by atoms with Crippen molar-refractivity contribution < 1.29 is 14.6 Å². The highest BCUT2D eigenvalue weighted by Gasteiger charge is 2.30. The average molecular weight is 379 g/mol. The van der Waals surface area contributed by atoms with Crippen molar-refractivity contribution in [1.82, 2.24) is 15.8 Å². The van der Waals surface area contributed by atoms with Crippen LogP contribution in [0.3, 0.4) is 0 Å². The number of amides is 1. The van der Waals surface area contributed by atoms with E-state index in [1.807, 2.05) is 49.4 Å². The van der Waals surface area contributed by atoms with Crippen molar-refractivity contribution >= 4 is 22.5 Å². The normalized spacial score (nSPS) is 19.5. The maximum atomic E-state index is 12.5. The van der Waals surface area contributed by atoms with Gasteiger partial charge in [0.15, 0.2) is 5.69 Å². The molecule has 0 saturated carbocycles. The second-order valence-corrected chi connectivity index (χ2v) is 6.54. The fraction of sp³-hybridized carbons (Fsp3) is 0.250. The summed E-state index contributed by atoms with van der Waals surface area (Å²) in [4.78, 5) is 15.3. The zero-order chi connectivity index (χ0) is 19.5. The highest BCUT2D eigenvalue weighted by Crippen LogP contribution is 2.35. The molecule has 2 atom stereocenters. The van der Waals surface area contributed by atoms with Gasteiger partial charge in [-0.3, -0.25) is 4.79 Å². The van der Waals surface area contributed by atoms with Crippen molar-refractivity contribution in [2.45, 2.75) is 25.4 Å². The van der Waals surface area contributed by atoms with Crippen LogP contribution in [0.15, 0.2) is 58.8 Å². The number of hydrogen-bond donors (Lipinski definition) is 4. The molecule has 0 radical (unpaired) electrons. The van der Waals surface area contributed by atoms with E-state index in [0.29, 0.717) is 18.4 Å². The number of ether oxygens (including phenoxy) is 1. The first-order chi connectivity index (χ1) is 13.7. The topological polar surface area (TPSA) is 111 Å². The smallest absolute Gasteiger partial charge is 0.282 e. The number of aromatic nitrogens is 1. The van der Waals surface area contributed by atoms with E-state index in [1.54, 1.807) is 6.07 Å². The summed E-state index contributed by atoms with van der Waals surface area (Å²) in [6, 6.07) is 14.5. The van der Waals surface area contributed by atoms with Crippen molar-refractivity contribution in [3.05, 3.63) is 54.1 Å². The Morgan fingerprint density at radius 3 is 2.93 bits per heavy atom. The number of benzene rings is 2. The Bertz CT molecular complexity index is 1030. The van der Waals surface area contributed by atoms with Crippen LogP contribution in [0.1, 0.15) is 24.9 Å². The molecule has 1 fully saturated rings. The average Bonchev–Trinajstić information content (AvgIpc) is 3.31. The quantitative estimate of drug-likeness (QED) is 0.507. The highest BCUT2D eigenvalue weighted by molar-refractivity contribution is 5.94. The van der Waals surface area contributed by atoms with Gasteiger partial charge >= 0.3 is 0 Å². The molecule has 1 aromatic heterocycles. The first-order valence-electron chi connectivity index (χ1n) is 9.14. The van der Waals surface area contributed by atoms with Crippen molar-refractivity contribution in [3.8, 4) is 11.6 Å². The second kappa shape index (κ2) is 7.79. The summed E-state index contributed by atoms with van der Waals surface area (Å²) in [5.41, 5.74) is 8.12. The molecular weight excluding hydrogens is 358 g/mol. The third-order valence-corrected chi connectivity index (χ3v) is 4.68. The molecule has 0 bridgehead atoms. The number of nitrogens with zero attached hydrogens (tertiary/aromatic N) is 2. The van der Waals surface area contributed by atoms with Gasteiger partial charge in [0.1, 0.15) is 11.8 Å². The molecule has 2 heterocycles. The summed E-state index contributed by atoms with van der Waals surface area (Å²) >= 11 is 0. The number of nitrogens with one attached hydrogen (secondary N) is 3. The Kier molecular flexibility index (Phi) is 5.05. The van der Waals surface area contributed by atoms with Crippen molar-refractivity contribution in [3.63, 3.8) is 0 Å². The molecule has 8 heteroatoms. The van der Waals surface area contributed by atoms with Gasteiger partial charge in [0, 0.05) is 11.4 Å². The number of hydrogen-bond acceptors (Lipinski definition) is 6. The summed E-state index contributed by atoms with van der Waals surface area (Å²) in [5, 5.41) is 18.5. The van der Waals surface area contributed by atoms with E-state index in [-0.39, 0.29) is 17.6 Å². The van der Waals surface area contributed by atoms with Crippen molar-refractivity contribution in [2.24, 2.45) is 10.2 Å². The molecule has 8 nitrogen and oxygen atoms in total. The zero-order valence-corrected chi connectivity index (χ0v) is 15.3. The van der Waals surface area contributed by atoms with Crippen LogP contribution < -0.4 is 15.6 Å². The van der Waals surface area contributed by atoms with Gasteiger partial charge < -0.3 is 14.8 Å². The number of rotatable bonds is 5. The molecular formula is C20H21N5O3. The number of H-pyrrole nitrogens is 1. The number of para-hydroxylation sites is 1. The Morgan fingerprint density at radius 1 is 1.21 bits per heavy atom. The predicted molar refractivity (Wildman–Crippen MR) is 105 cm³/mol. The minimum atomic E-state index is -0.503. The lowest BCUT2D eigenvalue weighted by Gasteiger charge is -2.11. The van der Waals surface area contributed by atoms with Crippen molar-refractivity contribution in [1.29, 1.82) is 0 Å². The third kappa shape index (κ3) is 3.60. The van der Waals surface area contributed by atoms with E-state index >= 15 is 0 Å². The molecule has 28 heavy (non-hydrogen) atoms. The molecule has 4 rings (SSSR count). The number of carbonyl (C=O) groups excluding carboxylic acids is 1. The fourth-order valence-corrected chi connectivity index (χ4v) is 3.31. The van der Waals surface area contributed by atoms with Gasteiger partial charge in [0.2, 0.25) is 5.88 Å². The maximum Gasteiger partial charge on any atom is 0.282 e. The minimum absolute atomic E-state index is 0.0361. The van der Waals surface area contributed by atoms with E-state index in [9.17, 15) is 9.90 Å². The lowest BCUT2D eigenvalue weighted by Crippen LogP contribution is -2.35. The van der Waals surface area contributed by atoms with Crippen LogP contribution in [0, 0.1) is 0 Å². The molecule has 3 aromatic rings. The lowest BCUT2D eigenvalue weighted by molar-refractivity contribution is -0.120. The lowest BCUT2D eigenvalue weighted by atomic mass is 10.0. The summed E-state index contributed by atoms with van der Waals surface area (Å²) in [6.45, 7) is 2.54. The first-order valence-corrected chi connectivity index (χ1v) is 9.14. The summed E-state index contributed by atoms with van der Waals surface area (Å²) in [6.07, 6.45) is 0.535. The molecule has 1 amide bonds. The van der Waals surface area contributed by atoms with Crippen LogP contribution in [0.5, 0.6) is 11.6 Å². The Morgan fingerprint density at radius 2 is 2.07 bits per heavy atom. The Balaban J connectivity index is 1.45. The molecule has 1 saturated heterocycles. The highest BCUT2D eigenvalue weighted by atomic mass is 16.5. The zero-order valence-electron chi connectivity index (χ0n) is 15.3. The third-order valence-electron chi connectivity index (χ3n) is 4.68. The molecule has 0 aliphatic carbocycles. The number of carbonyl (C=O) groups is 1. The SMILES string of the molecule is CCOc1cccc(C2CC(C(=O)N=Nc3c(O)[nH]c4ccccc34)NN2)c1. The molecule has 4 N–H and O–H groups in total. The van der Waals surface area contributed by atoms with Crippen LogP contribution in [-0.2, 0) is 4.79 Å². The van der Waals surface area contributed by atoms with Crippen LogP contribution in [-0.4, -0.2) is 28.6 Å². The van der Waals surface area contributed by atoms with Gasteiger partial charge in [0.25, 0.3) is 5.91 Å². The number of azo groups is 1. The fourth-order valence-electron chi connectivity index (χ4n) is 3.31. The molecule has 1 aliphatic rings. The Labute approximate surface area is 161 Å². The van der Waals surface area contributed by atoms with Gasteiger partial charge in [-0.15, -0.1) is 10.2 Å². The van der Waals surface area contributed by atoms with Gasteiger partial charge in [-0.25, -0.2) is 10.9 Å². The standard InChI is InChI=1S/C20H21N5O3/c1-2-28-13-7-5-6-12(10-13)16-11-17(23-22-16)19(26)25-24-18-14-8-3-4-9-15(14)21-20(18)27/h3-10,16-17,21-23,27H,2,11H2,1H3. The van der Waals surface area contributed by atoms with Crippen LogP contribution in [0.25, 0.3) is 10.9 Å². The minimum Gasteiger partial charge on any atom is -0.494 e. The van der Waals surface area contributed by atoms with E-state index in [2.05, 4.69) is 26.1 Å². The summed E-state index contributed by atoms with van der Waals surface area (Å²) < 4.78 is 5.53. The predicted octanol–water partition coefficient (Wildman–Crippen LogP) is 3.49. The monoisotopic (exact) mass is 379 g/mol. The van der Waals surface area contributed by atoms with E-state index in [0.717, 1.165) is 16.8 Å². The van der Waals surface area contributed by atoms with Crippen LogP contribution in [0.4, 0.5) is 5.69 Å². The summed E-state index contributed by atoms with van der Waals surface area (Å²) in [5.74, 6) is 0.285. The van der Waals surface area contributed by atoms with Gasteiger partial charge in [-0.05, 0) is 37.1 Å². The Hall–Kier alpha value is -3.23. The van der Waals surface area contributed by atoms with E-state index in [4.69, 9.17) is 4.74 Å². The number of hydrazine groups is 1. The van der Waals surface area contributed by atoms with Crippen LogP contribution >= 0.6 is 0 Å². The van der Waals surface area contributed by atoms with Gasteiger partial charge in [0.05, 0.1) is 12.1 Å². The second-order valence-electron chi connectivity index (χ2n) is 6.54. The first kappa shape index (κ1) is 18.1. The van der Waals surface area contributed by atoms with Crippen LogP contribution in [0.2, 0.25) is 0 Å². The van der Waals surface area contributed by atoms with Gasteiger partial charge in [-0.1, -0.05) is 30.3 Å². The number of aromatic hydroxyl groups is 1. The molecule has 144 valence electrons. The van der Waals surface area contributed by atoms with E-state index in [1.165, 1.54) is 0 Å². The number of fused-ring (bicyclic) bond motifs is 1. The maximum absolute atomic E-state index is 12.5. The van der Waals surface area contributed by atoms with Gasteiger partial charge in [-0.2, -0.15) is 0 Å². The molecule has 2 aromatic carbocycles. The molecule has 2 unspecified atom stereocenters.